The summed E-state index contributed by atoms with van der Waals surface area (Å²) in [5.74, 6) is 1.34. The minimum absolute atomic E-state index is 0.0436. The molecule has 0 amide bonds. The van der Waals surface area contributed by atoms with Gasteiger partial charge in [0.15, 0.2) is 0 Å². The highest BCUT2D eigenvalue weighted by Crippen LogP contribution is 2.37. The molecule has 17 heavy (non-hydrogen) atoms. The molecule has 0 N–H and O–H groups in total. The van der Waals surface area contributed by atoms with Crippen molar-refractivity contribution < 1.29 is 16.7 Å². The van der Waals surface area contributed by atoms with Crippen molar-refractivity contribution in [3.05, 3.63) is 0 Å². The van der Waals surface area contributed by atoms with Gasteiger partial charge in [-0.2, -0.15) is 0 Å². The van der Waals surface area contributed by atoms with E-state index >= 15 is 0 Å². The summed E-state index contributed by atoms with van der Waals surface area (Å²) in [6.45, 7) is 11.7. The van der Waals surface area contributed by atoms with E-state index in [1.54, 1.807) is 0 Å². The van der Waals surface area contributed by atoms with Crippen LogP contribution in [-0.4, -0.2) is 45.8 Å². The van der Waals surface area contributed by atoms with E-state index in [2.05, 4.69) is 34.1 Å². The molecule has 1 aliphatic rings. The molecule has 1 fully saturated rings. The zero-order valence-electron chi connectivity index (χ0n) is 13.6. The maximum atomic E-state index is 7.11. The van der Waals surface area contributed by atoms with Crippen LogP contribution in [0.2, 0.25) is 0 Å². The highest BCUT2D eigenvalue weighted by molar-refractivity contribution is 7.50. The third-order valence-electron chi connectivity index (χ3n) is 3.94. The Morgan fingerprint density at radius 3 is 2.29 bits per heavy atom. The lowest BCUT2D eigenvalue weighted by atomic mass is 9.77. The van der Waals surface area contributed by atoms with Crippen LogP contribution in [0.5, 0.6) is 0 Å². The summed E-state index contributed by atoms with van der Waals surface area (Å²) in [6.07, 6.45) is 0.0394. The fourth-order valence-electron chi connectivity index (χ4n) is 2.33. The van der Waals surface area contributed by atoms with E-state index in [0.29, 0.717) is 31.0 Å². The predicted molar refractivity (Wildman–Crippen MR) is 72.7 cm³/mol. The first-order valence-corrected chi connectivity index (χ1v) is 8.40. The number of rotatable bonds is 5. The van der Waals surface area contributed by atoms with Crippen molar-refractivity contribution in [2.45, 2.75) is 33.0 Å². The van der Waals surface area contributed by atoms with Crippen LogP contribution in [-0.2, 0) is 14.0 Å². The largest absolute Gasteiger partial charge is 0.382 e. The van der Waals surface area contributed by atoms with Crippen molar-refractivity contribution in [2.75, 3.05) is 33.6 Å². The molecule has 1 unspecified atom stereocenters. The molecular formula is C13H27O3P. The first kappa shape index (κ1) is 12.3. The molecule has 6 atom stereocenters. The minimum Gasteiger partial charge on any atom is -0.382 e. The first-order valence-electron chi connectivity index (χ1n) is 7.40. The topological polar surface area (TPSA) is 27.7 Å². The van der Waals surface area contributed by atoms with Crippen molar-refractivity contribution in [1.29, 1.82) is 0 Å². The molecule has 1 saturated heterocycles. The van der Waals surface area contributed by atoms with Gasteiger partial charge in [0.05, 0.1) is 28.2 Å². The molecule has 1 heterocycles. The second-order valence-electron chi connectivity index (χ2n) is 5.23. The van der Waals surface area contributed by atoms with Crippen LogP contribution < -0.4 is 0 Å². The van der Waals surface area contributed by atoms with Gasteiger partial charge in [0, 0.05) is 15.2 Å². The average Bonchev–Trinajstić information content (AvgIpc) is 2.33. The Bertz CT molecular complexity index is 242. The van der Waals surface area contributed by atoms with Crippen LogP contribution in [0, 0.1) is 17.8 Å². The molecule has 4 heteroatoms. The van der Waals surface area contributed by atoms with Crippen LogP contribution in [0.25, 0.3) is 0 Å². The molecule has 0 aromatic rings. The molecular weight excluding hydrogens is 235 g/mol. The highest BCUT2D eigenvalue weighted by atomic mass is 31.1. The number of methoxy groups -OCH3 is 1. The molecule has 1 aliphatic heterocycles. The maximum Gasteiger partial charge on any atom is 0.0845 e. The normalized spacial score (nSPS) is 42.1. The second-order valence-corrected chi connectivity index (χ2v) is 7.11. The summed E-state index contributed by atoms with van der Waals surface area (Å²) in [5, 5.41) is 0. The van der Waals surface area contributed by atoms with Gasteiger partial charge in [-0.15, -0.1) is 0 Å². The van der Waals surface area contributed by atoms with E-state index in [9.17, 15) is 0 Å². The van der Waals surface area contributed by atoms with E-state index in [1.165, 1.54) is 0 Å². The van der Waals surface area contributed by atoms with Crippen molar-refractivity contribution in [1.82, 2.24) is 0 Å². The standard InChI is InChI=1S/C13H27O3P/c1-9-10(2)12(7-14-4)16-13(11(9)3)8-15-17(5)6/h9-13H,7-8H2,1-6H3/t9-,10+,11-,12-,13+/m1/s1/i4TD/t4?,9-,10+,11-,12-,13+. The Morgan fingerprint density at radius 2 is 1.76 bits per heavy atom. The van der Waals surface area contributed by atoms with Gasteiger partial charge in [0.25, 0.3) is 0 Å². The summed E-state index contributed by atoms with van der Waals surface area (Å²) >= 11 is 0. The van der Waals surface area contributed by atoms with Gasteiger partial charge in [-0.3, -0.25) is 0 Å². The number of ether oxygens (including phenoxy) is 2. The van der Waals surface area contributed by atoms with Crippen LogP contribution >= 0.6 is 8.15 Å². The first-order chi connectivity index (χ1) is 8.82. The zero-order valence-corrected chi connectivity index (χ0v) is 12.4. The SMILES string of the molecule is [2H]C([3H])OC[C@H]1O[C@@H](COP(C)C)[C@H](C)[C@H](C)[C@@H]1C. The fourth-order valence-corrected chi connectivity index (χ4v) is 2.77. The van der Waals surface area contributed by atoms with Crippen molar-refractivity contribution >= 4 is 8.15 Å². The second kappa shape index (κ2) is 7.04. The fraction of sp³-hybridized carbons (Fsp3) is 1.00. The summed E-state index contributed by atoms with van der Waals surface area (Å²) < 4.78 is 31.1. The lowest BCUT2D eigenvalue weighted by molar-refractivity contribution is -0.160. The van der Waals surface area contributed by atoms with Crippen molar-refractivity contribution in [2.24, 2.45) is 17.8 Å². The number of hydrogen-bond donors (Lipinski definition) is 0. The molecule has 1 rings (SSSR count). The maximum absolute atomic E-state index is 7.11. The monoisotopic (exact) mass is 265 g/mol. The lowest BCUT2D eigenvalue weighted by Gasteiger charge is -2.43. The molecule has 0 bridgehead atoms. The predicted octanol–water partition coefficient (Wildman–Crippen LogP) is 2.98. The molecule has 0 aliphatic carbocycles. The molecule has 3 nitrogen and oxygen atoms in total. The van der Waals surface area contributed by atoms with Gasteiger partial charge in [-0.25, -0.2) is 0 Å². The van der Waals surface area contributed by atoms with Gasteiger partial charge in [-0.1, -0.05) is 20.8 Å². The van der Waals surface area contributed by atoms with Crippen LogP contribution in [0.1, 0.15) is 23.5 Å². The summed E-state index contributed by atoms with van der Waals surface area (Å²) in [5.41, 5.74) is 0. The quantitative estimate of drug-likeness (QED) is 0.715. The molecule has 0 spiro atoms. The molecule has 0 aromatic carbocycles. The van der Waals surface area contributed by atoms with E-state index in [1.807, 2.05) is 0 Å². The van der Waals surface area contributed by atoms with Gasteiger partial charge in [0.1, 0.15) is 0 Å². The van der Waals surface area contributed by atoms with E-state index in [0.717, 1.165) is 0 Å². The Balaban J connectivity index is 2.57. The third-order valence-corrected chi connectivity index (χ3v) is 4.60. The van der Waals surface area contributed by atoms with Gasteiger partial charge < -0.3 is 14.0 Å². The van der Waals surface area contributed by atoms with Crippen LogP contribution in [0.4, 0.5) is 0 Å². The summed E-state index contributed by atoms with van der Waals surface area (Å²) in [6, 6.07) is 0. The Morgan fingerprint density at radius 1 is 1.18 bits per heavy atom. The van der Waals surface area contributed by atoms with E-state index < -0.39 is 7.06 Å². The van der Waals surface area contributed by atoms with Crippen molar-refractivity contribution in [3.63, 3.8) is 0 Å². The molecule has 0 radical (unpaired) electrons. The van der Waals surface area contributed by atoms with E-state index in [4.69, 9.17) is 16.7 Å². The van der Waals surface area contributed by atoms with Crippen molar-refractivity contribution in [3.8, 4) is 0 Å². The summed E-state index contributed by atoms with van der Waals surface area (Å²) in [4.78, 5) is 0. The van der Waals surface area contributed by atoms with Gasteiger partial charge in [-0.05, 0) is 31.1 Å². The van der Waals surface area contributed by atoms with Crippen LogP contribution in [0.15, 0.2) is 0 Å². The van der Waals surface area contributed by atoms with Crippen LogP contribution in [0.3, 0.4) is 0 Å². The Kier molecular flexibility index (Phi) is 5.11. The highest BCUT2D eigenvalue weighted by Gasteiger charge is 2.38. The lowest BCUT2D eigenvalue weighted by Crippen LogP contribution is -2.48. The van der Waals surface area contributed by atoms with E-state index in [-0.39, 0.29) is 20.4 Å². The molecule has 102 valence electrons. The van der Waals surface area contributed by atoms with Gasteiger partial charge >= 0.3 is 0 Å². The Hall–Kier alpha value is 0.310. The molecule has 0 aromatic heterocycles. The average molecular weight is 265 g/mol. The zero-order chi connectivity index (χ0) is 14.6. The number of hydrogen-bond acceptors (Lipinski definition) is 3. The molecule has 0 saturated carbocycles. The minimum atomic E-state index is -1.24. The Labute approximate surface area is 110 Å². The third kappa shape index (κ3) is 4.17. The smallest absolute Gasteiger partial charge is 0.0845 e. The summed E-state index contributed by atoms with van der Waals surface area (Å²) in [7, 11) is -1.61. The van der Waals surface area contributed by atoms with Gasteiger partial charge in [0.2, 0.25) is 0 Å².